The van der Waals surface area contributed by atoms with E-state index in [2.05, 4.69) is 23.9 Å². The van der Waals surface area contributed by atoms with Gasteiger partial charge >= 0.3 is 0 Å². The molecule has 1 amide bonds. The molecule has 2 aliphatic rings. The highest BCUT2D eigenvalue weighted by molar-refractivity contribution is 5.76. The fourth-order valence-electron chi connectivity index (χ4n) is 3.35. The second kappa shape index (κ2) is 6.71. The van der Waals surface area contributed by atoms with Gasteiger partial charge in [0.25, 0.3) is 0 Å². The predicted molar refractivity (Wildman–Crippen MR) is 77.8 cm³/mol. The average molecular weight is 267 g/mol. The van der Waals surface area contributed by atoms with E-state index in [0.717, 1.165) is 51.1 Å². The molecule has 2 N–H and O–H groups in total. The first-order valence-corrected chi connectivity index (χ1v) is 7.76. The topological polar surface area (TPSA) is 49.6 Å². The zero-order chi connectivity index (χ0) is 13.8. The van der Waals surface area contributed by atoms with Crippen LogP contribution in [0.2, 0.25) is 0 Å². The van der Waals surface area contributed by atoms with Crippen LogP contribution < -0.4 is 5.73 Å². The van der Waals surface area contributed by atoms with Gasteiger partial charge in [0, 0.05) is 31.6 Å². The maximum atomic E-state index is 12.2. The van der Waals surface area contributed by atoms with Crippen molar-refractivity contribution < 1.29 is 4.79 Å². The summed E-state index contributed by atoms with van der Waals surface area (Å²) in [5.41, 5.74) is 5.92. The molecule has 0 aromatic heterocycles. The van der Waals surface area contributed by atoms with Crippen LogP contribution in [-0.2, 0) is 4.79 Å². The third kappa shape index (κ3) is 4.18. The second-order valence-corrected chi connectivity index (χ2v) is 6.57. The summed E-state index contributed by atoms with van der Waals surface area (Å²) in [7, 11) is 4.20. The van der Waals surface area contributed by atoms with Crippen molar-refractivity contribution in [3.05, 3.63) is 0 Å². The van der Waals surface area contributed by atoms with Crippen LogP contribution in [-0.4, -0.2) is 55.0 Å². The lowest BCUT2D eigenvalue weighted by Gasteiger charge is -2.26. The lowest BCUT2D eigenvalue weighted by molar-refractivity contribution is -0.130. The third-order valence-corrected chi connectivity index (χ3v) is 4.90. The van der Waals surface area contributed by atoms with Crippen molar-refractivity contribution in [3.8, 4) is 0 Å². The summed E-state index contributed by atoms with van der Waals surface area (Å²) in [5, 5.41) is 0. The lowest BCUT2D eigenvalue weighted by Crippen LogP contribution is -2.34. The fourth-order valence-corrected chi connectivity index (χ4v) is 3.35. The molecule has 0 spiro atoms. The molecule has 0 bridgehead atoms. The predicted octanol–water partition coefficient (Wildman–Crippen LogP) is 1.45. The Balaban J connectivity index is 1.67. The van der Waals surface area contributed by atoms with Gasteiger partial charge in [-0.05, 0) is 58.5 Å². The summed E-state index contributed by atoms with van der Waals surface area (Å²) in [6, 6.07) is 0.961. The monoisotopic (exact) mass is 267 g/mol. The molecular weight excluding hydrogens is 238 g/mol. The Morgan fingerprint density at radius 1 is 1.21 bits per heavy atom. The van der Waals surface area contributed by atoms with Gasteiger partial charge in [0.05, 0.1) is 0 Å². The highest BCUT2D eigenvalue weighted by Gasteiger charge is 2.28. The number of nitrogens with zero attached hydrogens (tertiary/aromatic N) is 2. The minimum absolute atomic E-state index is 0.360. The highest BCUT2D eigenvalue weighted by atomic mass is 16.2. The fraction of sp³-hybridized carbons (Fsp3) is 0.933. The van der Waals surface area contributed by atoms with Crippen LogP contribution in [0.5, 0.6) is 0 Å². The zero-order valence-electron chi connectivity index (χ0n) is 12.5. The van der Waals surface area contributed by atoms with Crippen LogP contribution >= 0.6 is 0 Å². The van der Waals surface area contributed by atoms with E-state index in [-0.39, 0.29) is 0 Å². The normalized spacial score (nSPS) is 32.0. The van der Waals surface area contributed by atoms with Gasteiger partial charge in [-0.1, -0.05) is 0 Å². The first-order valence-electron chi connectivity index (χ1n) is 7.76. The third-order valence-electron chi connectivity index (χ3n) is 4.90. The van der Waals surface area contributed by atoms with Crippen molar-refractivity contribution in [2.24, 2.45) is 11.7 Å². The summed E-state index contributed by atoms with van der Waals surface area (Å²) in [4.78, 5) is 16.5. The Bertz CT molecular complexity index is 298. The number of likely N-dealkylation sites (tertiary alicyclic amines) is 1. The maximum absolute atomic E-state index is 12.2. The van der Waals surface area contributed by atoms with E-state index in [4.69, 9.17) is 5.73 Å². The van der Waals surface area contributed by atoms with Gasteiger partial charge in [0.1, 0.15) is 0 Å². The van der Waals surface area contributed by atoms with E-state index in [1.165, 1.54) is 12.8 Å². The van der Waals surface area contributed by atoms with Crippen LogP contribution in [0.3, 0.4) is 0 Å². The van der Waals surface area contributed by atoms with Crippen molar-refractivity contribution in [1.29, 1.82) is 0 Å². The molecule has 1 atom stereocenters. The number of carbonyl (C=O) groups is 1. The van der Waals surface area contributed by atoms with Gasteiger partial charge in [-0.2, -0.15) is 0 Å². The van der Waals surface area contributed by atoms with Crippen molar-refractivity contribution in [1.82, 2.24) is 9.80 Å². The van der Waals surface area contributed by atoms with Crippen molar-refractivity contribution in [3.63, 3.8) is 0 Å². The second-order valence-electron chi connectivity index (χ2n) is 6.57. The van der Waals surface area contributed by atoms with Gasteiger partial charge < -0.3 is 15.5 Å². The van der Waals surface area contributed by atoms with Gasteiger partial charge in [-0.25, -0.2) is 0 Å². The Labute approximate surface area is 117 Å². The number of hydrogen-bond donors (Lipinski definition) is 1. The highest BCUT2D eigenvalue weighted by Crippen LogP contribution is 2.27. The Kier molecular flexibility index (Phi) is 5.22. The Morgan fingerprint density at radius 3 is 2.47 bits per heavy atom. The molecular formula is C15H29N3O. The molecule has 0 radical (unpaired) electrons. The number of amides is 1. The molecule has 1 heterocycles. The van der Waals surface area contributed by atoms with Crippen LogP contribution in [0, 0.1) is 5.92 Å². The quantitative estimate of drug-likeness (QED) is 0.838. The van der Waals surface area contributed by atoms with E-state index in [1.807, 2.05) is 0 Å². The van der Waals surface area contributed by atoms with Crippen LogP contribution in [0.25, 0.3) is 0 Å². The molecule has 2 fully saturated rings. The van der Waals surface area contributed by atoms with Crippen LogP contribution in [0.15, 0.2) is 0 Å². The van der Waals surface area contributed by atoms with E-state index in [0.29, 0.717) is 18.0 Å². The van der Waals surface area contributed by atoms with Crippen LogP contribution in [0.4, 0.5) is 0 Å². The summed E-state index contributed by atoms with van der Waals surface area (Å²) >= 11 is 0. The van der Waals surface area contributed by atoms with E-state index < -0.39 is 0 Å². The Morgan fingerprint density at radius 2 is 1.89 bits per heavy atom. The van der Waals surface area contributed by atoms with Crippen molar-refractivity contribution in [2.45, 2.75) is 57.0 Å². The minimum Gasteiger partial charge on any atom is -0.341 e. The largest absolute Gasteiger partial charge is 0.341 e. The van der Waals surface area contributed by atoms with E-state index in [9.17, 15) is 4.79 Å². The number of nitrogens with two attached hydrogens (primary N) is 1. The van der Waals surface area contributed by atoms with Crippen molar-refractivity contribution in [2.75, 3.05) is 27.2 Å². The first-order chi connectivity index (χ1) is 9.06. The summed E-state index contributed by atoms with van der Waals surface area (Å²) < 4.78 is 0. The Hall–Kier alpha value is -0.610. The molecule has 4 nitrogen and oxygen atoms in total. The molecule has 1 saturated carbocycles. The van der Waals surface area contributed by atoms with Gasteiger partial charge in [-0.3, -0.25) is 4.79 Å². The molecule has 19 heavy (non-hydrogen) atoms. The molecule has 1 unspecified atom stereocenters. The first kappa shape index (κ1) is 14.8. The molecule has 1 aliphatic heterocycles. The molecule has 4 heteroatoms. The van der Waals surface area contributed by atoms with Gasteiger partial charge in [-0.15, -0.1) is 0 Å². The number of hydrogen-bond acceptors (Lipinski definition) is 3. The smallest absolute Gasteiger partial charge is 0.222 e. The van der Waals surface area contributed by atoms with E-state index >= 15 is 0 Å². The molecule has 2 rings (SSSR count). The number of rotatable bonds is 4. The molecule has 1 aliphatic carbocycles. The molecule has 1 saturated heterocycles. The van der Waals surface area contributed by atoms with Gasteiger partial charge in [0.15, 0.2) is 0 Å². The van der Waals surface area contributed by atoms with Crippen molar-refractivity contribution >= 4 is 5.91 Å². The zero-order valence-corrected chi connectivity index (χ0v) is 12.5. The lowest BCUT2D eigenvalue weighted by atomic mass is 9.84. The minimum atomic E-state index is 0.360. The molecule has 110 valence electrons. The summed E-state index contributed by atoms with van der Waals surface area (Å²) in [5.74, 6) is 1.09. The van der Waals surface area contributed by atoms with E-state index in [1.54, 1.807) is 0 Å². The van der Waals surface area contributed by atoms with Crippen LogP contribution in [0.1, 0.15) is 44.9 Å². The molecule has 0 aromatic rings. The summed E-state index contributed by atoms with van der Waals surface area (Å²) in [6.45, 7) is 1.86. The number of likely N-dealkylation sites (N-methyl/N-ethyl adjacent to an activating group) is 1. The maximum Gasteiger partial charge on any atom is 0.222 e. The molecule has 0 aromatic carbocycles. The number of carbonyl (C=O) groups excluding carboxylic acids is 1. The summed E-state index contributed by atoms with van der Waals surface area (Å²) in [6.07, 6.45) is 7.64. The SMILES string of the molecule is CN(C)C1CCN(C(=O)CCC2CCC(N)CC2)C1. The average Bonchev–Trinajstić information content (AvgIpc) is 2.87. The van der Waals surface area contributed by atoms with Gasteiger partial charge in [0.2, 0.25) is 5.91 Å². The standard InChI is InChI=1S/C15H29N3O/c1-17(2)14-9-10-18(11-14)15(19)8-5-12-3-6-13(16)7-4-12/h12-14H,3-11,16H2,1-2H3.